The maximum absolute atomic E-state index is 12.6. The highest BCUT2D eigenvalue weighted by atomic mass is 16.5. The van der Waals surface area contributed by atoms with Gasteiger partial charge in [-0.1, -0.05) is 48.5 Å². The van der Waals surface area contributed by atoms with Crippen LogP contribution in [0.25, 0.3) is 0 Å². The van der Waals surface area contributed by atoms with Crippen molar-refractivity contribution >= 4 is 11.6 Å². The second kappa shape index (κ2) is 8.13. The lowest BCUT2D eigenvalue weighted by Crippen LogP contribution is -2.15. The van der Waals surface area contributed by atoms with Gasteiger partial charge in [-0.05, 0) is 35.9 Å². The van der Waals surface area contributed by atoms with Gasteiger partial charge in [0.05, 0.1) is 6.61 Å². The zero-order chi connectivity index (χ0) is 17.5. The molecule has 0 aliphatic rings. The first kappa shape index (κ1) is 16.7. The van der Waals surface area contributed by atoms with E-state index < -0.39 is 0 Å². The molecule has 0 saturated carbocycles. The van der Waals surface area contributed by atoms with Crippen molar-refractivity contribution in [3.63, 3.8) is 0 Å². The van der Waals surface area contributed by atoms with E-state index in [2.05, 4.69) is 5.32 Å². The highest BCUT2D eigenvalue weighted by Crippen LogP contribution is 2.17. The Morgan fingerprint density at radius 3 is 2.48 bits per heavy atom. The Bertz CT molecular complexity index is 847. The second-order valence-electron chi connectivity index (χ2n) is 5.57. The van der Waals surface area contributed by atoms with Crippen LogP contribution in [0.1, 0.15) is 21.5 Å². The summed E-state index contributed by atoms with van der Waals surface area (Å²) in [7, 11) is 0. The molecule has 0 saturated heterocycles. The van der Waals surface area contributed by atoms with Crippen LogP contribution in [0, 0.1) is 0 Å². The number of carbonyl (C=O) groups excluding carboxylic acids is 1. The number of aliphatic hydroxyl groups is 1. The maximum Gasteiger partial charge on any atom is 0.256 e. The van der Waals surface area contributed by atoms with Gasteiger partial charge in [0, 0.05) is 16.8 Å². The summed E-state index contributed by atoms with van der Waals surface area (Å²) in [5, 5.41) is 12.1. The Kier molecular flexibility index (Phi) is 5.44. The van der Waals surface area contributed by atoms with Crippen molar-refractivity contribution in [1.82, 2.24) is 0 Å². The number of hydrogen-bond donors (Lipinski definition) is 2. The van der Waals surface area contributed by atoms with Gasteiger partial charge in [-0.3, -0.25) is 4.79 Å². The molecule has 2 N–H and O–H groups in total. The van der Waals surface area contributed by atoms with Crippen molar-refractivity contribution in [1.29, 1.82) is 0 Å². The maximum atomic E-state index is 12.6. The number of nitrogens with one attached hydrogen (secondary N) is 1. The molecule has 4 heteroatoms. The van der Waals surface area contributed by atoms with Crippen LogP contribution in [0.15, 0.2) is 78.9 Å². The fourth-order valence-electron chi connectivity index (χ4n) is 2.49. The summed E-state index contributed by atoms with van der Waals surface area (Å²) in [4.78, 5) is 12.6. The number of amides is 1. The molecule has 0 unspecified atom stereocenters. The molecule has 0 fully saturated rings. The van der Waals surface area contributed by atoms with Crippen LogP contribution in [0.5, 0.6) is 5.75 Å². The predicted molar refractivity (Wildman–Crippen MR) is 97.5 cm³/mol. The SMILES string of the molecule is O=C(Nc1cccc(CO)c1)c1ccccc1COc1ccccc1. The van der Waals surface area contributed by atoms with E-state index in [0.29, 0.717) is 17.9 Å². The van der Waals surface area contributed by atoms with Crippen LogP contribution in [-0.4, -0.2) is 11.0 Å². The first-order valence-electron chi connectivity index (χ1n) is 8.03. The smallest absolute Gasteiger partial charge is 0.256 e. The van der Waals surface area contributed by atoms with Crippen molar-refractivity contribution in [2.24, 2.45) is 0 Å². The van der Waals surface area contributed by atoms with Gasteiger partial charge in [0.1, 0.15) is 12.4 Å². The lowest BCUT2D eigenvalue weighted by molar-refractivity contribution is 0.102. The number of ether oxygens (including phenoxy) is 1. The van der Waals surface area contributed by atoms with Gasteiger partial charge in [-0.25, -0.2) is 0 Å². The molecule has 3 rings (SSSR count). The van der Waals surface area contributed by atoms with E-state index in [4.69, 9.17) is 4.74 Å². The third-order valence-electron chi connectivity index (χ3n) is 3.77. The molecule has 0 aromatic heterocycles. The summed E-state index contributed by atoms with van der Waals surface area (Å²) in [5.41, 5.74) is 2.77. The van der Waals surface area contributed by atoms with Crippen LogP contribution in [-0.2, 0) is 13.2 Å². The molecule has 126 valence electrons. The average molecular weight is 333 g/mol. The van der Waals surface area contributed by atoms with Gasteiger partial charge in [0.25, 0.3) is 5.91 Å². The van der Waals surface area contributed by atoms with E-state index >= 15 is 0 Å². The summed E-state index contributed by atoms with van der Waals surface area (Å²) in [5.74, 6) is 0.552. The number of aliphatic hydroxyl groups excluding tert-OH is 1. The van der Waals surface area contributed by atoms with Crippen LogP contribution >= 0.6 is 0 Å². The first-order valence-corrected chi connectivity index (χ1v) is 8.03. The predicted octanol–water partition coefficient (Wildman–Crippen LogP) is 4.01. The topological polar surface area (TPSA) is 58.6 Å². The summed E-state index contributed by atoms with van der Waals surface area (Å²) in [6, 6.07) is 24.0. The molecule has 3 aromatic carbocycles. The molecule has 4 nitrogen and oxygen atoms in total. The molecular weight excluding hydrogens is 314 g/mol. The monoisotopic (exact) mass is 333 g/mol. The van der Waals surface area contributed by atoms with Gasteiger partial charge in [-0.15, -0.1) is 0 Å². The number of rotatable bonds is 6. The minimum Gasteiger partial charge on any atom is -0.489 e. The summed E-state index contributed by atoms with van der Waals surface area (Å²) < 4.78 is 5.76. The minimum absolute atomic E-state index is 0.0643. The molecule has 25 heavy (non-hydrogen) atoms. The number of para-hydroxylation sites is 1. The van der Waals surface area contributed by atoms with Crippen LogP contribution in [0.4, 0.5) is 5.69 Å². The molecule has 0 aliphatic carbocycles. The average Bonchev–Trinajstić information content (AvgIpc) is 2.67. The third-order valence-corrected chi connectivity index (χ3v) is 3.77. The van der Waals surface area contributed by atoms with E-state index in [1.165, 1.54) is 0 Å². The fraction of sp³-hybridized carbons (Fsp3) is 0.0952. The highest BCUT2D eigenvalue weighted by molar-refractivity contribution is 6.05. The second-order valence-corrected chi connectivity index (χ2v) is 5.57. The molecule has 0 spiro atoms. The molecule has 0 aliphatic heterocycles. The van der Waals surface area contributed by atoms with Crippen molar-refractivity contribution in [3.05, 3.63) is 95.6 Å². The lowest BCUT2D eigenvalue weighted by atomic mass is 10.1. The van der Waals surface area contributed by atoms with Crippen LogP contribution in [0.2, 0.25) is 0 Å². The van der Waals surface area contributed by atoms with Crippen LogP contribution in [0.3, 0.4) is 0 Å². The van der Waals surface area contributed by atoms with Gasteiger partial charge in [0.15, 0.2) is 0 Å². The lowest BCUT2D eigenvalue weighted by Gasteiger charge is -2.12. The number of carbonyl (C=O) groups is 1. The number of anilines is 1. The van der Waals surface area contributed by atoms with Crippen LogP contribution < -0.4 is 10.1 Å². The molecular formula is C21H19NO3. The molecule has 0 heterocycles. The fourth-order valence-corrected chi connectivity index (χ4v) is 2.49. The van der Waals surface area contributed by atoms with Gasteiger partial charge in [0.2, 0.25) is 0 Å². The van der Waals surface area contributed by atoms with Gasteiger partial charge in [-0.2, -0.15) is 0 Å². The Morgan fingerprint density at radius 1 is 0.920 bits per heavy atom. The van der Waals surface area contributed by atoms with E-state index in [1.54, 1.807) is 30.3 Å². The van der Waals surface area contributed by atoms with Gasteiger partial charge < -0.3 is 15.2 Å². The summed E-state index contributed by atoms with van der Waals surface area (Å²) in [6.45, 7) is 0.246. The molecule has 0 atom stereocenters. The van der Waals surface area contributed by atoms with Crippen molar-refractivity contribution in [2.75, 3.05) is 5.32 Å². The zero-order valence-electron chi connectivity index (χ0n) is 13.7. The highest BCUT2D eigenvalue weighted by Gasteiger charge is 2.12. The van der Waals surface area contributed by atoms with Crippen molar-refractivity contribution in [2.45, 2.75) is 13.2 Å². The Balaban J connectivity index is 1.74. The van der Waals surface area contributed by atoms with E-state index in [-0.39, 0.29) is 12.5 Å². The third kappa shape index (κ3) is 4.46. The Hall–Kier alpha value is -3.11. The van der Waals surface area contributed by atoms with E-state index in [0.717, 1.165) is 16.9 Å². The van der Waals surface area contributed by atoms with Crippen molar-refractivity contribution < 1.29 is 14.6 Å². The largest absolute Gasteiger partial charge is 0.489 e. The molecule has 0 bridgehead atoms. The summed E-state index contributed by atoms with van der Waals surface area (Å²) >= 11 is 0. The Labute approximate surface area is 146 Å². The molecule has 3 aromatic rings. The van der Waals surface area contributed by atoms with E-state index in [9.17, 15) is 9.90 Å². The molecule has 1 amide bonds. The first-order chi connectivity index (χ1) is 12.3. The number of hydrogen-bond acceptors (Lipinski definition) is 3. The summed E-state index contributed by atoms with van der Waals surface area (Å²) in [6.07, 6.45) is 0. The standard InChI is InChI=1S/C21H19NO3/c23-14-16-7-6-9-18(13-16)22-21(24)20-12-5-4-8-17(20)15-25-19-10-2-1-3-11-19/h1-13,23H,14-15H2,(H,22,24). The quantitative estimate of drug-likeness (QED) is 0.716. The van der Waals surface area contributed by atoms with Crippen molar-refractivity contribution in [3.8, 4) is 5.75 Å². The Morgan fingerprint density at radius 2 is 1.68 bits per heavy atom. The normalized spacial score (nSPS) is 10.3. The zero-order valence-corrected chi connectivity index (χ0v) is 13.7. The number of benzene rings is 3. The van der Waals surface area contributed by atoms with E-state index in [1.807, 2.05) is 48.5 Å². The molecule has 0 radical (unpaired) electrons. The van der Waals surface area contributed by atoms with Gasteiger partial charge >= 0.3 is 0 Å². The minimum atomic E-state index is -0.206.